The molecule has 2 aromatic rings. The van der Waals surface area contributed by atoms with E-state index in [1.165, 1.54) is 10.9 Å². The minimum Gasteiger partial charge on any atom is -0.207 e. The van der Waals surface area contributed by atoms with Gasteiger partial charge in [-0.1, -0.05) is 17.7 Å². The van der Waals surface area contributed by atoms with Crippen LogP contribution in [0.3, 0.4) is 0 Å². The van der Waals surface area contributed by atoms with E-state index in [1.807, 2.05) is 13.8 Å². The predicted molar refractivity (Wildman–Crippen MR) is 62.4 cm³/mol. The summed E-state index contributed by atoms with van der Waals surface area (Å²) < 4.78 is 13.5. The number of nitrogens with zero attached hydrogens (tertiary/aromatic N) is 4. The highest BCUT2D eigenvalue weighted by Gasteiger charge is 2.12. The van der Waals surface area contributed by atoms with E-state index in [2.05, 4.69) is 15.4 Å². The number of halogens is 2. The smallest absolute Gasteiger partial charge is 0.179 e. The van der Waals surface area contributed by atoms with Crippen molar-refractivity contribution in [3.8, 4) is 0 Å². The van der Waals surface area contributed by atoms with E-state index in [-0.39, 0.29) is 18.3 Å². The number of hydrogen-bond donors (Lipinski definition) is 0. The number of hydrogen-bond acceptors (Lipinski definition) is 3. The molecule has 0 amide bonds. The Balaban J connectivity index is 2.25. The van der Waals surface area contributed by atoms with Gasteiger partial charge in [0.15, 0.2) is 5.82 Å². The summed E-state index contributed by atoms with van der Waals surface area (Å²) in [5.41, 5.74) is 0.400. The van der Waals surface area contributed by atoms with E-state index >= 15 is 0 Å². The molecule has 0 spiro atoms. The molecule has 6 heteroatoms. The van der Waals surface area contributed by atoms with E-state index in [1.54, 1.807) is 12.1 Å². The average Bonchev–Trinajstić information content (AvgIpc) is 2.72. The zero-order chi connectivity index (χ0) is 12.4. The molecule has 0 aliphatic heterocycles. The maximum absolute atomic E-state index is 13.5. The van der Waals surface area contributed by atoms with E-state index in [4.69, 9.17) is 11.6 Å². The van der Waals surface area contributed by atoms with E-state index < -0.39 is 0 Å². The van der Waals surface area contributed by atoms with Gasteiger partial charge in [0.2, 0.25) is 0 Å². The van der Waals surface area contributed by atoms with Crippen LogP contribution in [0.2, 0.25) is 5.02 Å². The van der Waals surface area contributed by atoms with Crippen LogP contribution in [0.25, 0.3) is 0 Å². The van der Waals surface area contributed by atoms with Crippen molar-refractivity contribution in [2.75, 3.05) is 0 Å². The first-order valence-corrected chi connectivity index (χ1v) is 5.67. The van der Waals surface area contributed by atoms with Crippen molar-refractivity contribution in [3.63, 3.8) is 0 Å². The molecule has 1 aromatic carbocycles. The minimum absolute atomic E-state index is 0.132. The Hall–Kier alpha value is -1.49. The van der Waals surface area contributed by atoms with Crippen LogP contribution in [-0.4, -0.2) is 20.2 Å². The number of tetrazole rings is 1. The first-order valence-electron chi connectivity index (χ1n) is 5.29. The van der Waals surface area contributed by atoms with Gasteiger partial charge in [0, 0.05) is 17.0 Å². The number of aromatic nitrogens is 4. The average molecular weight is 255 g/mol. The fraction of sp³-hybridized carbons (Fsp3) is 0.364. The van der Waals surface area contributed by atoms with Crippen molar-refractivity contribution in [1.29, 1.82) is 0 Å². The Morgan fingerprint density at radius 1 is 1.41 bits per heavy atom. The molecule has 0 radical (unpaired) electrons. The van der Waals surface area contributed by atoms with Crippen molar-refractivity contribution in [3.05, 3.63) is 40.4 Å². The molecule has 1 aromatic heterocycles. The maximum Gasteiger partial charge on any atom is 0.179 e. The van der Waals surface area contributed by atoms with Gasteiger partial charge in [0.05, 0.1) is 6.04 Å². The second-order valence-electron chi connectivity index (χ2n) is 4.00. The van der Waals surface area contributed by atoms with Gasteiger partial charge in [-0.25, -0.2) is 4.39 Å². The molecule has 1 heterocycles. The highest BCUT2D eigenvalue weighted by Crippen LogP contribution is 2.20. The van der Waals surface area contributed by atoms with Crippen LogP contribution >= 0.6 is 11.6 Å². The Bertz CT molecular complexity index is 504. The van der Waals surface area contributed by atoms with Gasteiger partial charge in [-0.2, -0.15) is 4.80 Å². The van der Waals surface area contributed by atoms with Gasteiger partial charge in [-0.3, -0.25) is 0 Å². The molecule has 0 saturated heterocycles. The number of rotatable bonds is 3. The Kier molecular flexibility index (Phi) is 3.38. The highest BCUT2D eigenvalue weighted by atomic mass is 35.5. The van der Waals surface area contributed by atoms with Crippen LogP contribution in [0.4, 0.5) is 4.39 Å². The van der Waals surface area contributed by atoms with E-state index in [9.17, 15) is 4.39 Å². The second kappa shape index (κ2) is 4.79. The van der Waals surface area contributed by atoms with Crippen LogP contribution in [0, 0.1) is 5.82 Å². The summed E-state index contributed by atoms with van der Waals surface area (Å²) in [7, 11) is 0. The molecule has 0 aliphatic carbocycles. The predicted octanol–water partition coefficient (Wildman–Crippen LogP) is 2.64. The van der Waals surface area contributed by atoms with Crippen molar-refractivity contribution < 1.29 is 4.39 Å². The molecule has 17 heavy (non-hydrogen) atoms. The molecule has 0 aliphatic rings. The molecule has 4 nitrogen and oxygen atoms in total. The fourth-order valence-electron chi connectivity index (χ4n) is 1.40. The first kappa shape index (κ1) is 12.0. The summed E-state index contributed by atoms with van der Waals surface area (Å²) in [6.07, 6.45) is 0.248. The summed E-state index contributed by atoms with van der Waals surface area (Å²) in [4.78, 5) is 1.49. The normalized spacial score (nSPS) is 11.1. The van der Waals surface area contributed by atoms with Crippen LogP contribution < -0.4 is 0 Å². The minimum atomic E-state index is -0.349. The van der Waals surface area contributed by atoms with Crippen molar-refractivity contribution in [2.24, 2.45) is 0 Å². The third-order valence-electron chi connectivity index (χ3n) is 2.33. The summed E-state index contributed by atoms with van der Waals surface area (Å²) in [5, 5.41) is 12.3. The summed E-state index contributed by atoms with van der Waals surface area (Å²) in [6, 6.07) is 4.72. The lowest BCUT2D eigenvalue weighted by Gasteiger charge is -2.02. The molecule has 0 fully saturated rings. The molecule has 0 saturated carbocycles. The second-order valence-corrected chi connectivity index (χ2v) is 4.40. The van der Waals surface area contributed by atoms with Crippen LogP contribution in [-0.2, 0) is 6.42 Å². The largest absolute Gasteiger partial charge is 0.207 e. The van der Waals surface area contributed by atoms with Gasteiger partial charge in [-0.05, 0) is 31.2 Å². The SMILES string of the molecule is CC(C)n1nnc(Cc2c(F)cccc2Cl)n1. The van der Waals surface area contributed by atoms with Gasteiger partial charge >= 0.3 is 0 Å². The zero-order valence-electron chi connectivity index (χ0n) is 9.56. The third-order valence-corrected chi connectivity index (χ3v) is 2.68. The van der Waals surface area contributed by atoms with Crippen molar-refractivity contribution >= 4 is 11.6 Å². The van der Waals surface area contributed by atoms with Crippen LogP contribution in [0.1, 0.15) is 31.3 Å². The summed E-state index contributed by atoms with van der Waals surface area (Å²) in [6.45, 7) is 3.89. The Morgan fingerprint density at radius 3 is 2.76 bits per heavy atom. The quantitative estimate of drug-likeness (QED) is 0.846. The third kappa shape index (κ3) is 2.61. The lowest BCUT2D eigenvalue weighted by Crippen LogP contribution is -2.05. The topological polar surface area (TPSA) is 43.6 Å². The molecular weight excluding hydrogens is 243 g/mol. The Morgan fingerprint density at radius 2 is 2.18 bits per heavy atom. The molecule has 90 valence electrons. The zero-order valence-corrected chi connectivity index (χ0v) is 10.3. The van der Waals surface area contributed by atoms with Gasteiger partial charge in [0.25, 0.3) is 0 Å². The van der Waals surface area contributed by atoms with Gasteiger partial charge < -0.3 is 0 Å². The van der Waals surface area contributed by atoms with Crippen LogP contribution in [0.15, 0.2) is 18.2 Å². The van der Waals surface area contributed by atoms with Gasteiger partial charge in [0.1, 0.15) is 5.82 Å². The monoisotopic (exact) mass is 254 g/mol. The van der Waals surface area contributed by atoms with E-state index in [0.717, 1.165) is 0 Å². The van der Waals surface area contributed by atoms with Gasteiger partial charge in [-0.15, -0.1) is 10.2 Å². The molecular formula is C11H12ClFN4. The Labute approximate surface area is 103 Å². The molecule has 0 unspecified atom stereocenters. The molecule has 0 bridgehead atoms. The number of benzene rings is 1. The summed E-state index contributed by atoms with van der Waals surface area (Å²) in [5.74, 6) is 0.115. The van der Waals surface area contributed by atoms with Crippen molar-refractivity contribution in [1.82, 2.24) is 20.2 Å². The van der Waals surface area contributed by atoms with Crippen LogP contribution in [0.5, 0.6) is 0 Å². The van der Waals surface area contributed by atoms with E-state index in [0.29, 0.717) is 16.4 Å². The molecule has 0 N–H and O–H groups in total. The maximum atomic E-state index is 13.5. The summed E-state index contributed by atoms with van der Waals surface area (Å²) >= 11 is 5.93. The molecule has 2 rings (SSSR count). The first-order chi connectivity index (χ1) is 8.08. The highest BCUT2D eigenvalue weighted by molar-refractivity contribution is 6.31. The van der Waals surface area contributed by atoms with Crippen molar-refractivity contribution in [2.45, 2.75) is 26.3 Å². The molecule has 0 atom stereocenters. The lowest BCUT2D eigenvalue weighted by atomic mass is 10.1. The lowest BCUT2D eigenvalue weighted by molar-refractivity contribution is 0.453. The fourth-order valence-corrected chi connectivity index (χ4v) is 1.63. The standard InChI is InChI=1S/C11H12ClFN4/c1-7(2)17-15-11(14-16-17)6-8-9(12)4-3-5-10(8)13/h3-5,7H,6H2,1-2H3.